The first kappa shape index (κ1) is 14.0. The van der Waals surface area contributed by atoms with Crippen LogP contribution >= 0.6 is 27.5 Å². The fraction of sp³-hybridized carbons (Fsp3) is 0.0714. The van der Waals surface area contributed by atoms with Crippen molar-refractivity contribution in [1.29, 1.82) is 0 Å². The van der Waals surface area contributed by atoms with Gasteiger partial charge in [0.15, 0.2) is 0 Å². The minimum atomic E-state index is -0.579. The van der Waals surface area contributed by atoms with Gasteiger partial charge < -0.3 is 5.32 Å². The average molecular weight is 343 g/mol. The zero-order chi connectivity index (χ0) is 14.0. The molecule has 2 rings (SSSR count). The van der Waals surface area contributed by atoms with Crippen molar-refractivity contribution in [1.82, 2.24) is 0 Å². The molecule has 2 aromatic rings. The molecule has 0 saturated heterocycles. The maximum absolute atomic E-state index is 13.6. The summed E-state index contributed by atoms with van der Waals surface area (Å²) in [4.78, 5) is 12.0. The summed E-state index contributed by atoms with van der Waals surface area (Å²) in [6.45, 7) is 1.83. The first-order chi connectivity index (χ1) is 8.99. The Morgan fingerprint density at radius 1 is 1.32 bits per heavy atom. The highest BCUT2D eigenvalue weighted by atomic mass is 79.9. The fourth-order valence-electron chi connectivity index (χ4n) is 1.61. The summed E-state index contributed by atoms with van der Waals surface area (Å²) in [5, 5.41) is 3.05. The van der Waals surface area contributed by atoms with Crippen LogP contribution in [0.2, 0.25) is 5.02 Å². The van der Waals surface area contributed by atoms with E-state index in [1.54, 1.807) is 12.1 Å². The molecule has 0 spiro atoms. The molecule has 0 atom stereocenters. The van der Waals surface area contributed by atoms with Crippen LogP contribution in [0.1, 0.15) is 15.9 Å². The van der Waals surface area contributed by atoms with Crippen molar-refractivity contribution in [3.8, 4) is 0 Å². The second-order valence-corrected chi connectivity index (χ2v) is 5.31. The van der Waals surface area contributed by atoms with Crippen molar-refractivity contribution in [2.45, 2.75) is 6.92 Å². The number of hydrogen-bond acceptors (Lipinski definition) is 1. The highest BCUT2D eigenvalue weighted by Gasteiger charge is 2.14. The number of rotatable bonds is 2. The summed E-state index contributed by atoms with van der Waals surface area (Å²) < 4.78 is 14.2. The quantitative estimate of drug-likeness (QED) is 0.834. The number of amides is 1. The van der Waals surface area contributed by atoms with Crippen molar-refractivity contribution in [2.75, 3.05) is 5.32 Å². The van der Waals surface area contributed by atoms with E-state index in [9.17, 15) is 9.18 Å². The molecule has 0 aliphatic rings. The first-order valence-electron chi connectivity index (χ1n) is 5.50. The van der Waals surface area contributed by atoms with Gasteiger partial charge in [-0.1, -0.05) is 39.7 Å². The summed E-state index contributed by atoms with van der Waals surface area (Å²) in [7, 11) is 0. The summed E-state index contributed by atoms with van der Waals surface area (Å²) in [6, 6.07) is 9.46. The molecule has 19 heavy (non-hydrogen) atoms. The summed E-state index contributed by atoms with van der Waals surface area (Å²) in [5.41, 5.74) is 1.27. The second kappa shape index (κ2) is 5.72. The van der Waals surface area contributed by atoms with Crippen LogP contribution in [-0.2, 0) is 0 Å². The third kappa shape index (κ3) is 3.14. The molecule has 5 heteroatoms. The van der Waals surface area contributed by atoms with Crippen LogP contribution < -0.4 is 5.32 Å². The van der Waals surface area contributed by atoms with Gasteiger partial charge in [0.25, 0.3) is 5.91 Å². The molecule has 2 nitrogen and oxygen atoms in total. The monoisotopic (exact) mass is 341 g/mol. The molecule has 0 aromatic heterocycles. The number of carbonyl (C=O) groups excluding carboxylic acids is 1. The van der Waals surface area contributed by atoms with Crippen LogP contribution in [0, 0.1) is 12.7 Å². The van der Waals surface area contributed by atoms with Gasteiger partial charge >= 0.3 is 0 Å². The summed E-state index contributed by atoms with van der Waals surface area (Å²) in [5.74, 6) is -1.12. The van der Waals surface area contributed by atoms with Crippen molar-refractivity contribution in [2.24, 2.45) is 0 Å². The smallest absolute Gasteiger partial charge is 0.258 e. The highest BCUT2D eigenvalue weighted by Crippen LogP contribution is 2.26. The van der Waals surface area contributed by atoms with E-state index in [0.29, 0.717) is 15.2 Å². The van der Waals surface area contributed by atoms with Gasteiger partial charge in [-0.2, -0.15) is 0 Å². The Morgan fingerprint density at radius 2 is 2.05 bits per heavy atom. The van der Waals surface area contributed by atoms with Gasteiger partial charge in [0, 0.05) is 4.47 Å². The molecular formula is C14H10BrClFNO. The molecule has 0 aliphatic heterocycles. The van der Waals surface area contributed by atoms with Crippen LogP contribution in [-0.4, -0.2) is 5.91 Å². The van der Waals surface area contributed by atoms with Crippen molar-refractivity contribution >= 4 is 39.1 Å². The third-order valence-electron chi connectivity index (χ3n) is 2.61. The predicted octanol–water partition coefficient (Wildman–Crippen LogP) is 4.80. The number of aryl methyl sites for hydroxylation is 1. The Kier molecular flexibility index (Phi) is 4.22. The van der Waals surface area contributed by atoms with E-state index < -0.39 is 11.7 Å². The van der Waals surface area contributed by atoms with E-state index in [1.807, 2.05) is 13.0 Å². The SMILES string of the molecule is Cc1cccc(NC(=O)c2cc(Br)ccc2F)c1Cl. The fourth-order valence-corrected chi connectivity index (χ4v) is 2.14. The zero-order valence-corrected chi connectivity index (χ0v) is 12.3. The molecule has 0 fully saturated rings. The minimum absolute atomic E-state index is 0.0352. The van der Waals surface area contributed by atoms with Crippen molar-refractivity contribution < 1.29 is 9.18 Å². The van der Waals surface area contributed by atoms with Gasteiger partial charge in [0.1, 0.15) is 5.82 Å². The molecule has 0 heterocycles. The Labute approximate surface area is 123 Å². The average Bonchev–Trinajstić information content (AvgIpc) is 2.38. The molecule has 1 N–H and O–H groups in total. The molecular weight excluding hydrogens is 333 g/mol. The number of anilines is 1. The van der Waals surface area contributed by atoms with E-state index >= 15 is 0 Å². The van der Waals surface area contributed by atoms with Gasteiger partial charge in [-0.25, -0.2) is 4.39 Å². The Morgan fingerprint density at radius 3 is 2.79 bits per heavy atom. The Bertz CT molecular complexity index is 645. The van der Waals surface area contributed by atoms with Gasteiger partial charge in [0.2, 0.25) is 0 Å². The molecule has 0 bridgehead atoms. The van der Waals surface area contributed by atoms with Gasteiger partial charge in [-0.05, 0) is 36.8 Å². The van der Waals surface area contributed by atoms with Gasteiger partial charge in [-0.15, -0.1) is 0 Å². The summed E-state index contributed by atoms with van der Waals surface area (Å²) >= 11 is 9.28. The number of hydrogen-bond donors (Lipinski definition) is 1. The van der Waals surface area contributed by atoms with Crippen LogP contribution in [0.25, 0.3) is 0 Å². The van der Waals surface area contributed by atoms with Crippen LogP contribution in [0.3, 0.4) is 0 Å². The lowest BCUT2D eigenvalue weighted by atomic mass is 10.1. The number of benzene rings is 2. The predicted molar refractivity (Wildman–Crippen MR) is 78.2 cm³/mol. The van der Waals surface area contributed by atoms with Crippen molar-refractivity contribution in [3.63, 3.8) is 0 Å². The lowest BCUT2D eigenvalue weighted by Gasteiger charge is -2.09. The topological polar surface area (TPSA) is 29.1 Å². The third-order valence-corrected chi connectivity index (χ3v) is 3.61. The van der Waals surface area contributed by atoms with Gasteiger partial charge in [-0.3, -0.25) is 4.79 Å². The van der Waals surface area contributed by atoms with E-state index in [2.05, 4.69) is 21.2 Å². The van der Waals surface area contributed by atoms with Crippen LogP contribution in [0.4, 0.5) is 10.1 Å². The lowest BCUT2D eigenvalue weighted by molar-refractivity contribution is 0.102. The van der Waals surface area contributed by atoms with E-state index in [4.69, 9.17) is 11.6 Å². The number of nitrogens with one attached hydrogen (secondary N) is 1. The Balaban J connectivity index is 2.31. The number of carbonyl (C=O) groups is 1. The van der Waals surface area contributed by atoms with E-state index in [-0.39, 0.29) is 5.56 Å². The minimum Gasteiger partial charge on any atom is -0.321 e. The molecule has 2 aromatic carbocycles. The van der Waals surface area contributed by atoms with E-state index in [0.717, 1.165) is 5.56 Å². The number of halogens is 3. The highest BCUT2D eigenvalue weighted by molar-refractivity contribution is 9.10. The maximum atomic E-state index is 13.6. The molecule has 0 unspecified atom stereocenters. The van der Waals surface area contributed by atoms with Crippen LogP contribution in [0.5, 0.6) is 0 Å². The van der Waals surface area contributed by atoms with Crippen LogP contribution in [0.15, 0.2) is 40.9 Å². The summed E-state index contributed by atoms with van der Waals surface area (Å²) in [6.07, 6.45) is 0. The molecule has 0 aliphatic carbocycles. The standard InChI is InChI=1S/C14H10BrClFNO/c1-8-3-2-4-12(13(8)16)18-14(19)10-7-9(15)5-6-11(10)17/h2-7H,1H3,(H,18,19). The Hall–Kier alpha value is -1.39. The molecule has 1 amide bonds. The molecule has 98 valence electrons. The van der Waals surface area contributed by atoms with Crippen molar-refractivity contribution in [3.05, 3.63) is 62.8 Å². The first-order valence-corrected chi connectivity index (χ1v) is 6.67. The van der Waals surface area contributed by atoms with E-state index in [1.165, 1.54) is 18.2 Å². The second-order valence-electron chi connectivity index (χ2n) is 4.01. The largest absolute Gasteiger partial charge is 0.321 e. The molecule has 0 saturated carbocycles. The normalized spacial score (nSPS) is 10.3. The maximum Gasteiger partial charge on any atom is 0.258 e. The lowest BCUT2D eigenvalue weighted by Crippen LogP contribution is -2.14. The van der Waals surface area contributed by atoms with Gasteiger partial charge in [0.05, 0.1) is 16.3 Å². The zero-order valence-electron chi connectivity index (χ0n) is 10.0. The molecule has 0 radical (unpaired) electrons.